The molecule has 0 saturated carbocycles. The molecule has 1 unspecified atom stereocenters. The fraction of sp³-hybridized carbons (Fsp3) is 1.00. The van der Waals surface area contributed by atoms with Crippen molar-refractivity contribution in [3.8, 4) is 0 Å². The van der Waals surface area contributed by atoms with E-state index in [1.54, 1.807) is 13.8 Å². The summed E-state index contributed by atoms with van der Waals surface area (Å²) in [5, 5.41) is 11.9. The lowest BCUT2D eigenvalue weighted by Gasteiger charge is -2.25. The maximum atomic E-state index is 11.3. The maximum absolute atomic E-state index is 11.3. The summed E-state index contributed by atoms with van der Waals surface area (Å²) in [7, 11) is -4.53. The molecule has 0 aromatic carbocycles. The average Bonchev–Trinajstić information content (AvgIpc) is 2.13. The molecule has 0 spiro atoms. The number of hydroxylamine groups is 2. The van der Waals surface area contributed by atoms with E-state index in [0.29, 0.717) is 17.9 Å². The van der Waals surface area contributed by atoms with Crippen LogP contribution in [0.4, 0.5) is 0 Å². The van der Waals surface area contributed by atoms with E-state index in [0.717, 1.165) is 0 Å². The van der Waals surface area contributed by atoms with Gasteiger partial charge in [-0.25, -0.2) is 4.18 Å². The van der Waals surface area contributed by atoms with Gasteiger partial charge in [0.05, 0.1) is 0 Å². The highest BCUT2D eigenvalue weighted by molar-refractivity contribution is 7.80. The van der Waals surface area contributed by atoms with Crippen molar-refractivity contribution in [3.05, 3.63) is 0 Å². The Kier molecular flexibility index (Phi) is 2.65. The monoisotopic (exact) mass is 210 g/mol. The predicted molar refractivity (Wildman–Crippen MR) is 42.3 cm³/mol. The molecule has 1 fully saturated rings. The van der Waals surface area contributed by atoms with Gasteiger partial charge in [0.1, 0.15) is 0 Å². The van der Waals surface area contributed by atoms with Gasteiger partial charge in [-0.15, -0.1) is 10.3 Å². The fourth-order valence-electron chi connectivity index (χ4n) is 1.32. The van der Waals surface area contributed by atoms with Gasteiger partial charge in [-0.05, 0) is 26.7 Å². The van der Waals surface area contributed by atoms with E-state index in [4.69, 9.17) is 4.55 Å². The zero-order chi connectivity index (χ0) is 10.3. The van der Waals surface area contributed by atoms with Crippen molar-refractivity contribution >= 4 is 10.4 Å². The first-order valence-corrected chi connectivity index (χ1v) is 5.21. The van der Waals surface area contributed by atoms with E-state index < -0.39 is 22.2 Å². The molecule has 1 heterocycles. The summed E-state index contributed by atoms with van der Waals surface area (Å²) in [4.78, 5) is 0. The molecule has 6 nitrogen and oxygen atoms in total. The molecule has 1 saturated heterocycles. The molecule has 1 N–H and O–H groups in total. The largest absolute Gasteiger partial charge is 0.398 e. The SMILES string of the molecule is CC1(C)CCC(OS(=O)(=O)O)N1[O]. The second-order valence-corrected chi connectivity index (χ2v) is 4.70. The van der Waals surface area contributed by atoms with Crippen LogP contribution in [0.3, 0.4) is 0 Å². The summed E-state index contributed by atoms with van der Waals surface area (Å²) < 4.78 is 33.2. The fourth-order valence-corrected chi connectivity index (χ4v) is 1.78. The van der Waals surface area contributed by atoms with Crippen LogP contribution in [0.25, 0.3) is 0 Å². The van der Waals surface area contributed by atoms with E-state index in [1.807, 2.05) is 0 Å². The van der Waals surface area contributed by atoms with Gasteiger partial charge in [0.25, 0.3) is 0 Å². The third kappa shape index (κ3) is 2.61. The maximum Gasteiger partial charge on any atom is 0.398 e. The van der Waals surface area contributed by atoms with Crippen molar-refractivity contribution in [3.63, 3.8) is 0 Å². The van der Waals surface area contributed by atoms with Gasteiger partial charge in [-0.1, -0.05) is 0 Å². The van der Waals surface area contributed by atoms with Crippen molar-refractivity contribution in [2.75, 3.05) is 0 Å². The Balaban J connectivity index is 2.67. The topological polar surface area (TPSA) is 86.7 Å². The molecule has 1 radical (unpaired) electrons. The molecular formula is C6H12NO5S. The smallest absolute Gasteiger partial charge is 0.263 e. The van der Waals surface area contributed by atoms with Gasteiger partial charge in [-0.3, -0.25) is 4.55 Å². The normalized spacial score (nSPS) is 29.4. The second kappa shape index (κ2) is 3.18. The lowest BCUT2D eigenvalue weighted by Crippen LogP contribution is -2.40. The molecule has 1 atom stereocenters. The van der Waals surface area contributed by atoms with Crippen molar-refractivity contribution in [1.29, 1.82) is 0 Å². The Morgan fingerprint density at radius 3 is 2.38 bits per heavy atom. The first kappa shape index (κ1) is 10.9. The van der Waals surface area contributed by atoms with Crippen LogP contribution in [0.1, 0.15) is 26.7 Å². The Morgan fingerprint density at radius 2 is 2.08 bits per heavy atom. The molecule has 1 rings (SSSR count). The average molecular weight is 210 g/mol. The Labute approximate surface area is 77.0 Å². The summed E-state index contributed by atoms with van der Waals surface area (Å²) in [6, 6.07) is 0. The van der Waals surface area contributed by atoms with Gasteiger partial charge in [0.15, 0.2) is 6.23 Å². The highest BCUT2D eigenvalue weighted by Crippen LogP contribution is 2.32. The molecule has 13 heavy (non-hydrogen) atoms. The van der Waals surface area contributed by atoms with Gasteiger partial charge >= 0.3 is 10.4 Å². The van der Waals surface area contributed by atoms with Crippen molar-refractivity contribution in [2.45, 2.75) is 38.5 Å². The quantitative estimate of drug-likeness (QED) is 0.664. The van der Waals surface area contributed by atoms with Crippen LogP contribution in [-0.4, -0.2) is 29.8 Å². The molecular weight excluding hydrogens is 198 g/mol. The summed E-state index contributed by atoms with van der Waals surface area (Å²) in [6.07, 6.45) is -0.252. The molecule has 0 amide bonds. The van der Waals surface area contributed by atoms with Gasteiger partial charge in [0.2, 0.25) is 0 Å². The molecule has 7 heteroatoms. The van der Waals surface area contributed by atoms with Crippen LogP contribution < -0.4 is 0 Å². The highest BCUT2D eigenvalue weighted by atomic mass is 32.3. The molecule has 0 bridgehead atoms. The third-order valence-electron chi connectivity index (χ3n) is 2.09. The zero-order valence-electron chi connectivity index (χ0n) is 7.43. The summed E-state index contributed by atoms with van der Waals surface area (Å²) in [6.45, 7) is 3.38. The van der Waals surface area contributed by atoms with E-state index in [-0.39, 0.29) is 0 Å². The van der Waals surface area contributed by atoms with Crippen LogP contribution >= 0.6 is 0 Å². The van der Waals surface area contributed by atoms with Crippen LogP contribution in [0.2, 0.25) is 0 Å². The molecule has 0 aromatic rings. The minimum atomic E-state index is -4.53. The van der Waals surface area contributed by atoms with Crippen molar-refractivity contribution in [1.82, 2.24) is 5.06 Å². The predicted octanol–water partition coefficient (Wildman–Crippen LogP) is 0.352. The number of nitrogens with zero attached hydrogens (tertiary/aromatic N) is 1. The van der Waals surface area contributed by atoms with Crippen molar-refractivity contribution in [2.24, 2.45) is 0 Å². The van der Waals surface area contributed by atoms with Crippen LogP contribution in [-0.2, 0) is 19.8 Å². The lowest BCUT2D eigenvalue weighted by atomic mass is 10.0. The van der Waals surface area contributed by atoms with Crippen LogP contribution in [0, 0.1) is 0 Å². The molecule has 0 aromatic heterocycles. The molecule has 1 aliphatic heterocycles. The van der Waals surface area contributed by atoms with Crippen LogP contribution in [0.5, 0.6) is 0 Å². The number of hydrogen-bond acceptors (Lipinski definition) is 4. The van der Waals surface area contributed by atoms with Gasteiger partial charge in [0, 0.05) is 5.54 Å². The van der Waals surface area contributed by atoms with E-state index in [9.17, 15) is 13.6 Å². The minimum Gasteiger partial charge on any atom is -0.263 e. The zero-order valence-corrected chi connectivity index (χ0v) is 8.24. The third-order valence-corrected chi connectivity index (χ3v) is 2.56. The molecule has 77 valence electrons. The standard InChI is InChI=1S/C6H12NO5S/c1-6(2)4-3-5(7(6)8)12-13(9,10)11/h5H,3-4H2,1-2H3,(H,9,10,11). The Hall–Kier alpha value is -0.210. The highest BCUT2D eigenvalue weighted by Gasteiger charge is 2.42. The van der Waals surface area contributed by atoms with E-state index in [2.05, 4.69) is 4.18 Å². The van der Waals surface area contributed by atoms with E-state index in [1.165, 1.54) is 0 Å². The lowest BCUT2D eigenvalue weighted by molar-refractivity contribution is -0.256. The minimum absolute atomic E-state index is 0.302. The Bertz CT molecular complexity index is 285. The van der Waals surface area contributed by atoms with Gasteiger partial charge < -0.3 is 0 Å². The molecule has 0 aliphatic carbocycles. The first-order valence-electron chi connectivity index (χ1n) is 3.84. The van der Waals surface area contributed by atoms with Crippen LogP contribution in [0.15, 0.2) is 0 Å². The molecule has 1 aliphatic rings. The second-order valence-electron chi connectivity index (χ2n) is 3.66. The first-order chi connectivity index (χ1) is 5.72. The summed E-state index contributed by atoms with van der Waals surface area (Å²) >= 11 is 0. The van der Waals surface area contributed by atoms with E-state index >= 15 is 0 Å². The number of rotatable bonds is 2. The van der Waals surface area contributed by atoms with Gasteiger partial charge in [-0.2, -0.15) is 8.42 Å². The number of hydrogen-bond donors (Lipinski definition) is 1. The Morgan fingerprint density at radius 1 is 1.54 bits per heavy atom. The van der Waals surface area contributed by atoms with Crippen molar-refractivity contribution < 1.29 is 22.4 Å². The summed E-state index contributed by atoms with van der Waals surface area (Å²) in [5.74, 6) is 0. The summed E-state index contributed by atoms with van der Waals surface area (Å²) in [5.41, 5.74) is -0.630.